The zero-order valence-electron chi connectivity index (χ0n) is 9.43. The summed E-state index contributed by atoms with van der Waals surface area (Å²) in [5.41, 5.74) is 0. The van der Waals surface area contributed by atoms with Crippen molar-refractivity contribution in [3.05, 3.63) is 0 Å². The van der Waals surface area contributed by atoms with Crippen molar-refractivity contribution in [3.63, 3.8) is 0 Å². The average molecular weight is 250 g/mol. The molecule has 0 saturated carbocycles. The second-order valence-corrected chi connectivity index (χ2v) is 5.45. The molecule has 1 rings (SSSR count). The number of nitrogens with two attached hydrogens (primary N) is 1. The van der Waals surface area contributed by atoms with Crippen molar-refractivity contribution >= 4 is 16.2 Å². The quantitative estimate of drug-likeness (QED) is 0.583. The summed E-state index contributed by atoms with van der Waals surface area (Å²) in [5, 5.41) is 10.3. The van der Waals surface area contributed by atoms with Crippen molar-refractivity contribution in [2.45, 2.75) is 31.8 Å². The Morgan fingerprint density at radius 2 is 2.12 bits per heavy atom. The summed E-state index contributed by atoms with van der Waals surface area (Å²) in [7, 11) is -2.09. The molecule has 1 aliphatic rings. The van der Waals surface area contributed by atoms with Gasteiger partial charge in [-0.25, -0.2) is 9.93 Å². The van der Waals surface area contributed by atoms with Crippen LogP contribution >= 0.6 is 0 Å². The van der Waals surface area contributed by atoms with Gasteiger partial charge >= 0.3 is 6.03 Å². The predicted octanol–water partition coefficient (Wildman–Crippen LogP) is -1.03. The van der Waals surface area contributed by atoms with Gasteiger partial charge in [0.2, 0.25) is 0 Å². The van der Waals surface area contributed by atoms with Crippen LogP contribution in [0.5, 0.6) is 0 Å². The highest BCUT2D eigenvalue weighted by Gasteiger charge is 2.31. The number of piperidine rings is 1. The lowest BCUT2D eigenvalue weighted by Crippen LogP contribution is -2.53. The molecular formula is C8H18N4O3S. The summed E-state index contributed by atoms with van der Waals surface area (Å²) in [6, 6.07) is -0.444. The molecule has 2 atom stereocenters. The van der Waals surface area contributed by atoms with Crippen LogP contribution in [0.4, 0.5) is 4.79 Å². The topological polar surface area (TPSA) is 105 Å². The van der Waals surface area contributed by atoms with Crippen LogP contribution in [0.1, 0.15) is 19.8 Å². The second-order valence-electron chi connectivity index (χ2n) is 3.95. The van der Waals surface area contributed by atoms with E-state index in [1.54, 1.807) is 6.92 Å². The SMILES string of the molecule is CNC(=O)NC1CCN(S(N)(=O)=O)C(C)C1. The number of hydrogen-bond acceptors (Lipinski definition) is 3. The lowest BCUT2D eigenvalue weighted by atomic mass is 10.0. The van der Waals surface area contributed by atoms with Crippen LogP contribution in [0.25, 0.3) is 0 Å². The van der Waals surface area contributed by atoms with Crippen LogP contribution in [0.2, 0.25) is 0 Å². The van der Waals surface area contributed by atoms with Crippen LogP contribution in [-0.2, 0) is 10.2 Å². The number of nitrogens with zero attached hydrogens (tertiary/aromatic N) is 1. The molecule has 2 unspecified atom stereocenters. The molecular weight excluding hydrogens is 232 g/mol. The first-order valence-electron chi connectivity index (χ1n) is 5.12. The van der Waals surface area contributed by atoms with Crippen LogP contribution in [0.15, 0.2) is 0 Å². The highest BCUT2D eigenvalue weighted by atomic mass is 32.2. The smallest absolute Gasteiger partial charge is 0.314 e. The van der Waals surface area contributed by atoms with Gasteiger partial charge in [0.25, 0.3) is 10.2 Å². The van der Waals surface area contributed by atoms with Gasteiger partial charge in [0.1, 0.15) is 0 Å². The van der Waals surface area contributed by atoms with Gasteiger partial charge in [-0.05, 0) is 19.8 Å². The summed E-state index contributed by atoms with van der Waals surface area (Å²) >= 11 is 0. The molecule has 0 aromatic rings. The molecule has 16 heavy (non-hydrogen) atoms. The predicted molar refractivity (Wildman–Crippen MR) is 59.9 cm³/mol. The van der Waals surface area contributed by atoms with Gasteiger partial charge in [-0.2, -0.15) is 12.7 Å². The van der Waals surface area contributed by atoms with E-state index < -0.39 is 10.2 Å². The molecule has 0 aromatic carbocycles. The molecule has 1 heterocycles. The number of urea groups is 1. The molecule has 7 nitrogen and oxygen atoms in total. The van der Waals surface area contributed by atoms with Crippen LogP contribution in [0, 0.1) is 0 Å². The van der Waals surface area contributed by atoms with E-state index in [2.05, 4.69) is 10.6 Å². The van der Waals surface area contributed by atoms with Gasteiger partial charge in [0.15, 0.2) is 0 Å². The van der Waals surface area contributed by atoms with Crippen LogP contribution in [0.3, 0.4) is 0 Å². The normalized spacial score (nSPS) is 27.4. The van der Waals surface area contributed by atoms with E-state index in [0.29, 0.717) is 19.4 Å². The molecule has 1 fully saturated rings. The number of amides is 2. The summed E-state index contributed by atoms with van der Waals surface area (Å²) in [6.07, 6.45) is 1.15. The van der Waals surface area contributed by atoms with E-state index in [4.69, 9.17) is 5.14 Å². The molecule has 1 aliphatic heterocycles. The third-order valence-corrected chi connectivity index (χ3v) is 3.90. The summed E-state index contributed by atoms with van der Waals surface area (Å²) in [4.78, 5) is 11.1. The maximum absolute atomic E-state index is 11.2. The van der Waals surface area contributed by atoms with Crippen molar-refractivity contribution in [3.8, 4) is 0 Å². The number of hydrogen-bond donors (Lipinski definition) is 3. The Morgan fingerprint density at radius 1 is 1.50 bits per heavy atom. The zero-order chi connectivity index (χ0) is 12.3. The number of rotatable bonds is 2. The molecule has 0 aliphatic carbocycles. The van der Waals surface area contributed by atoms with E-state index >= 15 is 0 Å². The molecule has 8 heteroatoms. The molecule has 0 spiro atoms. The van der Waals surface area contributed by atoms with Crippen molar-refractivity contribution in [2.75, 3.05) is 13.6 Å². The Labute approximate surface area is 95.5 Å². The van der Waals surface area contributed by atoms with Crippen molar-refractivity contribution in [1.82, 2.24) is 14.9 Å². The Balaban J connectivity index is 2.55. The largest absolute Gasteiger partial charge is 0.341 e. The number of carbonyl (C=O) groups is 1. The minimum atomic E-state index is -3.63. The zero-order valence-corrected chi connectivity index (χ0v) is 10.3. The highest BCUT2D eigenvalue weighted by molar-refractivity contribution is 7.86. The van der Waals surface area contributed by atoms with Gasteiger partial charge in [-0.3, -0.25) is 0 Å². The summed E-state index contributed by atoms with van der Waals surface area (Å²) in [6.45, 7) is 2.12. The van der Waals surface area contributed by atoms with Crippen LogP contribution < -0.4 is 15.8 Å². The third kappa shape index (κ3) is 3.32. The fourth-order valence-corrected chi connectivity index (χ4v) is 2.86. The average Bonchev–Trinajstić information content (AvgIpc) is 2.15. The maximum Gasteiger partial charge on any atom is 0.314 e. The van der Waals surface area contributed by atoms with E-state index in [1.807, 2.05) is 0 Å². The molecule has 0 radical (unpaired) electrons. The first-order valence-corrected chi connectivity index (χ1v) is 6.62. The molecule has 2 amide bonds. The maximum atomic E-state index is 11.2. The first kappa shape index (κ1) is 13.2. The van der Waals surface area contributed by atoms with Gasteiger partial charge in [0.05, 0.1) is 0 Å². The van der Waals surface area contributed by atoms with Crippen LogP contribution in [-0.4, -0.2) is 44.4 Å². The van der Waals surface area contributed by atoms with Gasteiger partial charge in [-0.15, -0.1) is 0 Å². The van der Waals surface area contributed by atoms with Crippen molar-refractivity contribution in [2.24, 2.45) is 5.14 Å². The van der Waals surface area contributed by atoms with E-state index in [9.17, 15) is 13.2 Å². The number of carbonyl (C=O) groups excluding carboxylic acids is 1. The first-order chi connectivity index (χ1) is 7.34. The van der Waals surface area contributed by atoms with Crippen molar-refractivity contribution < 1.29 is 13.2 Å². The van der Waals surface area contributed by atoms with E-state index in [-0.39, 0.29) is 18.1 Å². The Hall–Kier alpha value is -0.860. The van der Waals surface area contributed by atoms with Crippen molar-refractivity contribution in [1.29, 1.82) is 0 Å². The minimum Gasteiger partial charge on any atom is -0.341 e. The summed E-state index contributed by atoms with van der Waals surface area (Å²) in [5.74, 6) is 0. The Bertz CT molecular complexity index is 356. The fraction of sp³-hybridized carbons (Fsp3) is 0.875. The second kappa shape index (κ2) is 4.98. The number of nitrogens with one attached hydrogen (secondary N) is 2. The minimum absolute atomic E-state index is 0.00653. The highest BCUT2D eigenvalue weighted by Crippen LogP contribution is 2.18. The lowest BCUT2D eigenvalue weighted by Gasteiger charge is -2.35. The molecule has 94 valence electrons. The monoisotopic (exact) mass is 250 g/mol. The lowest BCUT2D eigenvalue weighted by molar-refractivity contribution is 0.211. The van der Waals surface area contributed by atoms with E-state index in [1.165, 1.54) is 11.4 Å². The molecule has 1 saturated heterocycles. The fourth-order valence-electron chi connectivity index (χ4n) is 1.92. The molecule has 0 bridgehead atoms. The van der Waals surface area contributed by atoms with E-state index in [0.717, 1.165) is 0 Å². The van der Waals surface area contributed by atoms with Gasteiger partial charge in [-0.1, -0.05) is 0 Å². The standard InChI is InChI=1S/C8H18N4O3S/c1-6-5-7(11-8(13)10-2)3-4-12(6)16(9,14)15/h6-7H,3-5H2,1-2H3,(H2,9,14,15)(H2,10,11,13). The third-order valence-electron chi connectivity index (χ3n) is 2.70. The Kier molecular flexibility index (Phi) is 4.11. The summed E-state index contributed by atoms with van der Waals surface area (Å²) < 4.78 is 23.6. The van der Waals surface area contributed by atoms with Gasteiger partial charge < -0.3 is 10.6 Å². The molecule has 0 aromatic heterocycles. The molecule has 4 N–H and O–H groups in total. The Morgan fingerprint density at radius 3 is 2.56 bits per heavy atom. The van der Waals surface area contributed by atoms with Gasteiger partial charge in [0, 0.05) is 25.7 Å².